The summed E-state index contributed by atoms with van der Waals surface area (Å²) in [6.07, 6.45) is 0.533. The number of benzene rings is 3. The fourth-order valence-electron chi connectivity index (χ4n) is 4.54. The molecule has 2 heterocycles. The lowest BCUT2D eigenvalue weighted by Gasteiger charge is -2.17. The van der Waals surface area contributed by atoms with Gasteiger partial charge in [0.15, 0.2) is 11.5 Å². The number of fused-ring (bicyclic) bond motifs is 1. The van der Waals surface area contributed by atoms with E-state index in [2.05, 4.69) is 5.32 Å². The van der Waals surface area contributed by atoms with Crippen LogP contribution in [0.2, 0.25) is 0 Å². The summed E-state index contributed by atoms with van der Waals surface area (Å²) in [5.74, 6) is 0.163. The maximum Gasteiger partial charge on any atom is 0.267 e. The topological polar surface area (TPSA) is 88.2 Å². The zero-order valence-corrected chi connectivity index (χ0v) is 22.9. The molecule has 198 valence electrons. The monoisotopic (exact) mass is 559 g/mol. The lowest BCUT2D eigenvalue weighted by Crippen LogP contribution is -2.35. The molecule has 0 aliphatic carbocycles. The summed E-state index contributed by atoms with van der Waals surface area (Å²) in [4.78, 5) is 43.2. The molecule has 1 N–H and O–H groups in total. The van der Waals surface area contributed by atoms with Crippen LogP contribution in [0.3, 0.4) is 0 Å². The van der Waals surface area contributed by atoms with E-state index in [4.69, 9.17) is 21.7 Å². The largest absolute Gasteiger partial charge is 0.493 e. The quantitative estimate of drug-likeness (QED) is 0.321. The van der Waals surface area contributed by atoms with Crippen molar-refractivity contribution in [1.82, 2.24) is 4.90 Å². The van der Waals surface area contributed by atoms with Crippen LogP contribution in [0.25, 0.3) is 5.57 Å². The molecule has 10 heteroatoms. The number of nitrogens with zero attached hydrogens (tertiary/aromatic N) is 2. The number of ether oxygens (including phenoxy) is 2. The number of thiocarbonyl (C=S) groups is 1. The number of amides is 3. The molecule has 0 unspecified atom stereocenters. The predicted molar refractivity (Wildman–Crippen MR) is 156 cm³/mol. The van der Waals surface area contributed by atoms with Gasteiger partial charge in [-0.05, 0) is 42.3 Å². The number of anilines is 2. The first-order chi connectivity index (χ1) is 18.9. The Morgan fingerprint density at radius 1 is 0.897 bits per heavy atom. The first-order valence-electron chi connectivity index (χ1n) is 12.2. The Morgan fingerprint density at radius 3 is 2.36 bits per heavy atom. The highest BCUT2D eigenvalue weighted by atomic mass is 32.2. The lowest BCUT2D eigenvalue weighted by molar-refractivity contribution is -0.122. The summed E-state index contributed by atoms with van der Waals surface area (Å²) >= 11 is 6.66. The fourth-order valence-corrected chi connectivity index (χ4v) is 5.92. The molecule has 8 nitrogen and oxygen atoms in total. The maximum atomic E-state index is 13.6. The fraction of sp³-hybridized carbons (Fsp3) is 0.172. The molecule has 0 radical (unpaired) electrons. The van der Waals surface area contributed by atoms with E-state index in [1.165, 1.54) is 9.80 Å². The Balaban J connectivity index is 1.37. The number of rotatable bonds is 8. The molecule has 1 fully saturated rings. The van der Waals surface area contributed by atoms with E-state index in [0.717, 1.165) is 17.3 Å². The van der Waals surface area contributed by atoms with Gasteiger partial charge < -0.3 is 14.8 Å². The molecule has 3 aromatic carbocycles. The van der Waals surface area contributed by atoms with Gasteiger partial charge in [-0.1, -0.05) is 66.4 Å². The Kier molecular flexibility index (Phi) is 7.67. The van der Waals surface area contributed by atoms with Crippen molar-refractivity contribution in [3.8, 4) is 11.5 Å². The molecule has 39 heavy (non-hydrogen) atoms. The van der Waals surface area contributed by atoms with Crippen LogP contribution in [0.1, 0.15) is 11.1 Å². The molecule has 0 saturated carbocycles. The van der Waals surface area contributed by atoms with Crippen LogP contribution in [0.15, 0.2) is 77.7 Å². The van der Waals surface area contributed by atoms with Crippen LogP contribution in [-0.2, 0) is 20.8 Å². The third-order valence-electron chi connectivity index (χ3n) is 6.43. The molecule has 0 aromatic heterocycles. The maximum absolute atomic E-state index is 13.6. The first kappa shape index (κ1) is 26.5. The van der Waals surface area contributed by atoms with Gasteiger partial charge in [0.25, 0.3) is 11.8 Å². The van der Waals surface area contributed by atoms with Gasteiger partial charge in [0.05, 0.1) is 30.4 Å². The number of carbonyl (C=O) groups is 3. The first-order valence-corrected chi connectivity index (χ1v) is 13.4. The van der Waals surface area contributed by atoms with Crippen molar-refractivity contribution < 1.29 is 23.9 Å². The van der Waals surface area contributed by atoms with Gasteiger partial charge >= 0.3 is 0 Å². The molecule has 0 spiro atoms. The second kappa shape index (κ2) is 11.3. The summed E-state index contributed by atoms with van der Waals surface area (Å²) in [6.45, 7) is 0.157. The van der Waals surface area contributed by atoms with Crippen LogP contribution in [0, 0.1) is 0 Å². The Hall–Kier alpha value is -4.15. The summed E-state index contributed by atoms with van der Waals surface area (Å²) in [6, 6.07) is 21.8. The van der Waals surface area contributed by atoms with Gasteiger partial charge in [-0.15, -0.1) is 0 Å². The molecule has 5 rings (SSSR count). The Bertz CT molecular complexity index is 1510. The molecule has 2 aliphatic rings. The van der Waals surface area contributed by atoms with Gasteiger partial charge in [0.2, 0.25) is 5.91 Å². The number of methoxy groups -OCH3 is 2. The van der Waals surface area contributed by atoms with Gasteiger partial charge in [-0.25, -0.2) is 0 Å². The van der Waals surface area contributed by atoms with Crippen LogP contribution >= 0.6 is 24.0 Å². The van der Waals surface area contributed by atoms with E-state index in [1.54, 1.807) is 50.6 Å². The molecule has 2 aliphatic heterocycles. The standard InChI is InChI=1S/C29H25N3O5S2/c1-36-22-13-12-18(16-23(22)37-2)14-15-31-28(35)26(39-29(31)38)25-20-10-6-7-11-21(20)32(27(25)34)17-24(33)30-19-8-4-3-5-9-19/h3-13,16H,14-15,17H2,1-2H3,(H,30,33). The molecule has 1 saturated heterocycles. The minimum absolute atomic E-state index is 0.187. The minimum atomic E-state index is -0.403. The van der Waals surface area contributed by atoms with Gasteiger partial charge in [0.1, 0.15) is 10.9 Å². The molecular weight excluding hydrogens is 534 g/mol. The summed E-state index contributed by atoms with van der Waals surface area (Å²) in [5, 5.41) is 2.81. The van der Waals surface area contributed by atoms with E-state index < -0.39 is 5.91 Å². The molecular formula is C29H25N3O5S2. The predicted octanol–water partition coefficient (Wildman–Crippen LogP) is 4.50. The molecule has 3 aromatic rings. The normalized spacial score (nSPS) is 16.5. The van der Waals surface area contributed by atoms with Crippen molar-refractivity contribution in [2.24, 2.45) is 0 Å². The van der Waals surface area contributed by atoms with Crippen molar-refractivity contribution >= 4 is 63.0 Å². The highest BCUT2D eigenvalue weighted by Crippen LogP contribution is 2.44. The molecule has 0 bridgehead atoms. The smallest absolute Gasteiger partial charge is 0.267 e. The summed E-state index contributed by atoms with van der Waals surface area (Å²) in [5.41, 5.74) is 3.04. The van der Waals surface area contributed by atoms with E-state index in [-0.39, 0.29) is 28.8 Å². The van der Waals surface area contributed by atoms with Crippen molar-refractivity contribution in [3.63, 3.8) is 0 Å². The summed E-state index contributed by atoms with van der Waals surface area (Å²) < 4.78 is 11.1. The van der Waals surface area contributed by atoms with E-state index in [0.29, 0.717) is 45.7 Å². The number of para-hydroxylation sites is 2. The van der Waals surface area contributed by atoms with Crippen molar-refractivity contribution in [2.75, 3.05) is 37.5 Å². The summed E-state index contributed by atoms with van der Waals surface area (Å²) in [7, 11) is 3.14. The van der Waals surface area contributed by atoms with Gasteiger partial charge in [-0.3, -0.25) is 24.2 Å². The Morgan fingerprint density at radius 2 is 1.62 bits per heavy atom. The average molecular weight is 560 g/mol. The lowest BCUT2D eigenvalue weighted by atomic mass is 10.1. The van der Waals surface area contributed by atoms with Crippen LogP contribution in [0.5, 0.6) is 11.5 Å². The second-order valence-corrected chi connectivity index (χ2v) is 10.4. The zero-order valence-electron chi connectivity index (χ0n) is 21.3. The van der Waals surface area contributed by atoms with Gasteiger partial charge in [0, 0.05) is 17.8 Å². The third kappa shape index (κ3) is 5.25. The second-order valence-electron chi connectivity index (χ2n) is 8.79. The molecule has 3 amide bonds. The number of carbonyl (C=O) groups excluding carboxylic acids is 3. The highest BCUT2D eigenvalue weighted by molar-refractivity contribution is 8.26. The highest BCUT2D eigenvalue weighted by Gasteiger charge is 2.42. The number of hydrogen-bond donors (Lipinski definition) is 1. The third-order valence-corrected chi connectivity index (χ3v) is 7.88. The van der Waals surface area contributed by atoms with Crippen molar-refractivity contribution in [3.05, 3.63) is 88.8 Å². The zero-order chi connectivity index (χ0) is 27.5. The number of hydrogen-bond acceptors (Lipinski definition) is 7. The SMILES string of the molecule is COc1ccc(CCN2C(=O)C(=C3C(=O)N(CC(=O)Nc4ccccc4)c4ccccc43)SC2=S)cc1OC. The average Bonchev–Trinajstić information content (AvgIpc) is 3.38. The number of nitrogens with one attached hydrogen (secondary N) is 1. The number of thioether (sulfide) groups is 1. The van der Waals surface area contributed by atoms with Gasteiger partial charge in [-0.2, -0.15) is 0 Å². The van der Waals surface area contributed by atoms with Crippen LogP contribution in [-0.4, -0.2) is 54.3 Å². The van der Waals surface area contributed by atoms with Crippen LogP contribution < -0.4 is 19.7 Å². The van der Waals surface area contributed by atoms with Crippen LogP contribution in [0.4, 0.5) is 11.4 Å². The van der Waals surface area contributed by atoms with Crippen molar-refractivity contribution in [2.45, 2.75) is 6.42 Å². The Labute approximate surface area is 235 Å². The minimum Gasteiger partial charge on any atom is -0.493 e. The van der Waals surface area contributed by atoms with E-state index in [1.807, 2.05) is 36.4 Å². The van der Waals surface area contributed by atoms with Crippen molar-refractivity contribution in [1.29, 1.82) is 0 Å². The van der Waals surface area contributed by atoms with E-state index in [9.17, 15) is 14.4 Å². The molecule has 0 atom stereocenters. The van der Waals surface area contributed by atoms with E-state index >= 15 is 0 Å².